The van der Waals surface area contributed by atoms with Crippen molar-refractivity contribution in [2.75, 3.05) is 0 Å². The molecule has 0 spiro atoms. The molecule has 1 N–H and O–H groups in total. The van der Waals surface area contributed by atoms with Crippen molar-refractivity contribution in [1.29, 1.82) is 0 Å². The van der Waals surface area contributed by atoms with Crippen LogP contribution < -0.4 is 5.32 Å². The van der Waals surface area contributed by atoms with Gasteiger partial charge in [0.15, 0.2) is 0 Å². The summed E-state index contributed by atoms with van der Waals surface area (Å²) in [5, 5.41) is 4.34. The third kappa shape index (κ3) is 3.78. The van der Waals surface area contributed by atoms with Gasteiger partial charge in [0.25, 0.3) is 5.91 Å². The lowest BCUT2D eigenvalue weighted by Gasteiger charge is -2.34. The SMILES string of the molecule is CCc1c(-c2ccccc2)nc2ccccc2c1C(=O)NC1CCCC(C)C1C. The van der Waals surface area contributed by atoms with Crippen LogP contribution in [0.1, 0.15) is 56.0 Å². The van der Waals surface area contributed by atoms with Crippen LogP contribution in [0.2, 0.25) is 0 Å². The zero-order valence-corrected chi connectivity index (χ0v) is 17.6. The number of carbonyl (C=O) groups excluding carboxylic acids is 1. The van der Waals surface area contributed by atoms with Crippen molar-refractivity contribution in [3.8, 4) is 11.3 Å². The number of nitrogens with zero attached hydrogens (tertiary/aromatic N) is 1. The lowest BCUT2D eigenvalue weighted by Crippen LogP contribution is -2.44. The number of rotatable bonds is 4. The summed E-state index contributed by atoms with van der Waals surface area (Å²) in [6, 6.07) is 18.5. The summed E-state index contributed by atoms with van der Waals surface area (Å²) < 4.78 is 0. The van der Waals surface area contributed by atoms with E-state index in [-0.39, 0.29) is 11.9 Å². The normalized spacial score (nSPS) is 21.8. The van der Waals surface area contributed by atoms with Gasteiger partial charge in [-0.15, -0.1) is 0 Å². The molecule has 1 aliphatic carbocycles. The van der Waals surface area contributed by atoms with Crippen molar-refractivity contribution in [2.45, 2.75) is 52.5 Å². The number of pyridine rings is 1. The molecule has 3 aromatic rings. The van der Waals surface area contributed by atoms with Crippen LogP contribution in [0.5, 0.6) is 0 Å². The molecule has 4 rings (SSSR count). The number of nitrogens with one attached hydrogen (secondary N) is 1. The summed E-state index contributed by atoms with van der Waals surface area (Å²) >= 11 is 0. The second-order valence-electron chi connectivity index (χ2n) is 8.40. The van der Waals surface area contributed by atoms with Crippen molar-refractivity contribution in [2.24, 2.45) is 11.8 Å². The highest BCUT2D eigenvalue weighted by atomic mass is 16.1. The first-order chi connectivity index (χ1) is 14.1. The quantitative estimate of drug-likeness (QED) is 0.596. The summed E-state index contributed by atoms with van der Waals surface area (Å²) in [5.41, 5.74) is 4.68. The summed E-state index contributed by atoms with van der Waals surface area (Å²) in [6.45, 7) is 6.69. The van der Waals surface area contributed by atoms with Crippen LogP contribution in [-0.2, 0) is 6.42 Å². The number of hydrogen-bond acceptors (Lipinski definition) is 2. The molecule has 1 saturated carbocycles. The third-order valence-corrected chi connectivity index (χ3v) is 6.64. The predicted octanol–water partition coefficient (Wildman–Crippen LogP) is 6.02. The molecule has 150 valence electrons. The molecule has 0 saturated heterocycles. The van der Waals surface area contributed by atoms with Crippen molar-refractivity contribution in [3.05, 3.63) is 65.7 Å². The number of amides is 1. The molecule has 1 fully saturated rings. The molecular weight excluding hydrogens is 356 g/mol. The summed E-state index contributed by atoms with van der Waals surface area (Å²) in [5.74, 6) is 1.19. The maximum absolute atomic E-state index is 13.6. The summed E-state index contributed by atoms with van der Waals surface area (Å²) in [6.07, 6.45) is 4.27. The van der Waals surface area contributed by atoms with E-state index < -0.39 is 0 Å². The Kier molecular flexibility index (Phi) is 5.66. The predicted molar refractivity (Wildman–Crippen MR) is 120 cm³/mol. The Balaban J connectivity index is 1.83. The minimum Gasteiger partial charge on any atom is -0.349 e. The Labute approximate surface area is 173 Å². The minimum atomic E-state index is 0.0450. The first-order valence-electron chi connectivity index (χ1n) is 10.9. The topological polar surface area (TPSA) is 42.0 Å². The Bertz CT molecular complexity index is 1010. The van der Waals surface area contributed by atoms with Crippen molar-refractivity contribution in [1.82, 2.24) is 10.3 Å². The van der Waals surface area contributed by atoms with Crippen LogP contribution >= 0.6 is 0 Å². The van der Waals surface area contributed by atoms with Gasteiger partial charge in [-0.3, -0.25) is 4.79 Å². The molecule has 0 bridgehead atoms. The van der Waals surface area contributed by atoms with E-state index >= 15 is 0 Å². The molecule has 2 aromatic carbocycles. The Morgan fingerprint density at radius 3 is 2.52 bits per heavy atom. The fourth-order valence-electron chi connectivity index (χ4n) is 4.72. The molecule has 1 heterocycles. The van der Waals surface area contributed by atoms with Crippen LogP contribution in [0.4, 0.5) is 0 Å². The molecule has 3 atom stereocenters. The monoisotopic (exact) mass is 386 g/mol. The van der Waals surface area contributed by atoms with E-state index in [4.69, 9.17) is 4.98 Å². The molecule has 3 heteroatoms. The van der Waals surface area contributed by atoms with Gasteiger partial charge in [0.2, 0.25) is 0 Å². The number of para-hydroxylation sites is 1. The highest BCUT2D eigenvalue weighted by molar-refractivity contribution is 6.09. The highest BCUT2D eigenvalue weighted by Gasteiger charge is 2.30. The van der Waals surface area contributed by atoms with E-state index in [0.29, 0.717) is 11.8 Å². The maximum atomic E-state index is 13.6. The van der Waals surface area contributed by atoms with E-state index in [1.807, 2.05) is 42.5 Å². The molecule has 1 amide bonds. The van der Waals surface area contributed by atoms with Gasteiger partial charge >= 0.3 is 0 Å². The fraction of sp³-hybridized carbons (Fsp3) is 0.385. The largest absolute Gasteiger partial charge is 0.349 e. The zero-order valence-electron chi connectivity index (χ0n) is 17.6. The van der Waals surface area contributed by atoms with Crippen LogP contribution in [0, 0.1) is 11.8 Å². The Hall–Kier alpha value is -2.68. The number of aromatic nitrogens is 1. The van der Waals surface area contributed by atoms with Gasteiger partial charge in [0.05, 0.1) is 16.8 Å². The zero-order chi connectivity index (χ0) is 20.4. The van der Waals surface area contributed by atoms with E-state index in [1.165, 1.54) is 12.8 Å². The molecular formula is C26H30N2O. The smallest absolute Gasteiger partial charge is 0.252 e. The van der Waals surface area contributed by atoms with E-state index in [1.54, 1.807) is 0 Å². The van der Waals surface area contributed by atoms with Crippen LogP contribution in [0.15, 0.2) is 54.6 Å². The van der Waals surface area contributed by atoms with Crippen molar-refractivity contribution in [3.63, 3.8) is 0 Å². The van der Waals surface area contributed by atoms with E-state index in [0.717, 1.165) is 46.1 Å². The summed E-state index contributed by atoms with van der Waals surface area (Å²) in [4.78, 5) is 18.6. The van der Waals surface area contributed by atoms with Crippen molar-refractivity contribution < 1.29 is 4.79 Å². The van der Waals surface area contributed by atoms with Gasteiger partial charge in [-0.1, -0.05) is 82.1 Å². The fourth-order valence-corrected chi connectivity index (χ4v) is 4.72. The van der Waals surface area contributed by atoms with Gasteiger partial charge in [-0.25, -0.2) is 4.98 Å². The molecule has 1 aromatic heterocycles. The van der Waals surface area contributed by atoms with E-state index in [2.05, 4.69) is 38.2 Å². The molecule has 29 heavy (non-hydrogen) atoms. The molecule has 3 nitrogen and oxygen atoms in total. The second kappa shape index (κ2) is 8.36. The molecule has 0 aliphatic heterocycles. The lowest BCUT2D eigenvalue weighted by atomic mass is 9.78. The van der Waals surface area contributed by atoms with Crippen LogP contribution in [0.25, 0.3) is 22.2 Å². The highest BCUT2D eigenvalue weighted by Crippen LogP contribution is 2.33. The van der Waals surface area contributed by atoms with Gasteiger partial charge < -0.3 is 5.32 Å². The van der Waals surface area contributed by atoms with Gasteiger partial charge in [0.1, 0.15) is 0 Å². The number of carbonyl (C=O) groups is 1. The molecule has 0 radical (unpaired) electrons. The van der Waals surface area contributed by atoms with Gasteiger partial charge in [-0.2, -0.15) is 0 Å². The van der Waals surface area contributed by atoms with Crippen LogP contribution in [0.3, 0.4) is 0 Å². The lowest BCUT2D eigenvalue weighted by molar-refractivity contribution is 0.0892. The molecule has 1 aliphatic rings. The van der Waals surface area contributed by atoms with Gasteiger partial charge in [-0.05, 0) is 36.3 Å². The third-order valence-electron chi connectivity index (χ3n) is 6.64. The van der Waals surface area contributed by atoms with E-state index in [9.17, 15) is 4.79 Å². The number of hydrogen-bond donors (Lipinski definition) is 1. The standard InChI is InChI=1S/C26H30N2O/c1-4-20-24(26(29)28-22-16-10-11-17(2)18(22)3)21-14-8-9-15-23(21)27-25(20)19-12-6-5-7-13-19/h5-9,12-15,17-18,22H,4,10-11,16H2,1-3H3,(H,28,29). The maximum Gasteiger partial charge on any atom is 0.252 e. The van der Waals surface area contributed by atoms with Crippen LogP contribution in [-0.4, -0.2) is 16.9 Å². The number of fused-ring (bicyclic) bond motifs is 1. The second-order valence-corrected chi connectivity index (χ2v) is 8.40. The first kappa shape index (κ1) is 19.6. The Morgan fingerprint density at radius 1 is 1.03 bits per heavy atom. The number of benzene rings is 2. The molecule has 3 unspecified atom stereocenters. The average Bonchev–Trinajstić information content (AvgIpc) is 2.76. The Morgan fingerprint density at radius 2 is 1.76 bits per heavy atom. The van der Waals surface area contributed by atoms with Crippen molar-refractivity contribution >= 4 is 16.8 Å². The summed E-state index contributed by atoms with van der Waals surface area (Å²) in [7, 11) is 0. The first-order valence-corrected chi connectivity index (χ1v) is 10.9. The average molecular weight is 387 g/mol. The minimum absolute atomic E-state index is 0.0450. The van der Waals surface area contributed by atoms with Gasteiger partial charge in [0, 0.05) is 17.0 Å².